The summed E-state index contributed by atoms with van der Waals surface area (Å²) in [6, 6.07) is 24.5. The molecule has 4 rings (SSSR count). The Kier molecular flexibility index (Phi) is 3.90. The molecule has 1 aromatic heterocycles. The van der Waals surface area contributed by atoms with Crippen molar-refractivity contribution in [1.29, 1.82) is 0 Å². The molecule has 0 radical (unpaired) electrons. The number of fused-ring (bicyclic) bond motifs is 1. The smallest absolute Gasteiger partial charge is 0.120 e. The Morgan fingerprint density at radius 2 is 1.76 bits per heavy atom. The average Bonchev–Trinajstić information content (AvgIpc) is 3.06. The van der Waals surface area contributed by atoms with Crippen molar-refractivity contribution >= 4 is 16.6 Å². The predicted octanol–water partition coefficient (Wildman–Crippen LogP) is 5.10. The third-order valence-corrected chi connectivity index (χ3v) is 4.36. The van der Waals surface area contributed by atoms with Crippen molar-refractivity contribution < 1.29 is 4.74 Å². The van der Waals surface area contributed by atoms with Crippen LogP contribution in [0.5, 0.6) is 5.75 Å². The highest BCUT2D eigenvalue weighted by molar-refractivity contribution is 5.84. The summed E-state index contributed by atoms with van der Waals surface area (Å²) < 4.78 is 8.05. The minimum Gasteiger partial charge on any atom is -0.489 e. The monoisotopic (exact) mass is 328 g/mol. The van der Waals surface area contributed by atoms with Crippen LogP contribution >= 0.6 is 0 Å². The van der Waals surface area contributed by atoms with Crippen LogP contribution in [-0.2, 0) is 6.61 Å². The lowest BCUT2D eigenvalue weighted by Crippen LogP contribution is -1.99. The number of ether oxygens (including phenoxy) is 1. The van der Waals surface area contributed by atoms with E-state index in [1.807, 2.05) is 36.4 Å². The molecule has 0 spiro atoms. The SMILES string of the molecule is Cc1ccc(N)c(-n2ccc3cc(OCc4ccccc4)ccc32)c1. The minimum absolute atomic E-state index is 0.567. The quantitative estimate of drug-likeness (QED) is 0.529. The van der Waals surface area contributed by atoms with E-state index < -0.39 is 0 Å². The van der Waals surface area contributed by atoms with Gasteiger partial charge in [-0.1, -0.05) is 36.4 Å². The lowest BCUT2D eigenvalue weighted by atomic mass is 10.2. The molecular weight excluding hydrogens is 308 g/mol. The van der Waals surface area contributed by atoms with Crippen molar-refractivity contribution in [2.24, 2.45) is 0 Å². The molecule has 3 heteroatoms. The van der Waals surface area contributed by atoms with Gasteiger partial charge < -0.3 is 15.0 Å². The molecule has 0 saturated heterocycles. The molecular formula is C22H20N2O. The van der Waals surface area contributed by atoms with Gasteiger partial charge in [0.25, 0.3) is 0 Å². The van der Waals surface area contributed by atoms with E-state index in [0.29, 0.717) is 6.61 Å². The summed E-state index contributed by atoms with van der Waals surface area (Å²) >= 11 is 0. The first-order chi connectivity index (χ1) is 12.2. The fourth-order valence-corrected chi connectivity index (χ4v) is 3.02. The number of hydrogen-bond donors (Lipinski definition) is 1. The van der Waals surface area contributed by atoms with Crippen molar-refractivity contribution in [3.05, 3.63) is 90.1 Å². The van der Waals surface area contributed by atoms with Crippen molar-refractivity contribution in [3.8, 4) is 11.4 Å². The summed E-state index contributed by atoms with van der Waals surface area (Å²) in [5, 5.41) is 1.13. The number of nitrogen functional groups attached to an aromatic ring is 1. The number of aromatic nitrogens is 1. The summed E-state index contributed by atoms with van der Waals surface area (Å²) in [4.78, 5) is 0. The highest BCUT2D eigenvalue weighted by atomic mass is 16.5. The molecule has 124 valence electrons. The van der Waals surface area contributed by atoms with Gasteiger partial charge in [0.1, 0.15) is 12.4 Å². The van der Waals surface area contributed by atoms with E-state index in [0.717, 1.165) is 33.6 Å². The van der Waals surface area contributed by atoms with Crippen LogP contribution in [0.1, 0.15) is 11.1 Å². The number of nitrogens with zero attached hydrogens (tertiary/aromatic N) is 1. The van der Waals surface area contributed by atoms with Crippen LogP contribution < -0.4 is 10.5 Å². The van der Waals surface area contributed by atoms with Gasteiger partial charge in [0.15, 0.2) is 0 Å². The zero-order chi connectivity index (χ0) is 17.2. The maximum atomic E-state index is 6.17. The van der Waals surface area contributed by atoms with E-state index >= 15 is 0 Å². The Morgan fingerprint density at radius 3 is 2.60 bits per heavy atom. The second-order valence-corrected chi connectivity index (χ2v) is 6.24. The topological polar surface area (TPSA) is 40.2 Å². The number of aryl methyl sites for hydroxylation is 1. The Balaban J connectivity index is 1.64. The van der Waals surface area contributed by atoms with Crippen molar-refractivity contribution in [2.75, 3.05) is 5.73 Å². The fraction of sp³-hybridized carbons (Fsp3) is 0.0909. The second-order valence-electron chi connectivity index (χ2n) is 6.24. The normalized spacial score (nSPS) is 10.9. The molecule has 1 heterocycles. The number of rotatable bonds is 4. The average molecular weight is 328 g/mol. The Morgan fingerprint density at radius 1 is 0.920 bits per heavy atom. The van der Waals surface area contributed by atoms with Gasteiger partial charge in [-0.2, -0.15) is 0 Å². The van der Waals surface area contributed by atoms with Gasteiger partial charge in [-0.05, 0) is 54.4 Å². The van der Waals surface area contributed by atoms with Crippen molar-refractivity contribution in [1.82, 2.24) is 4.57 Å². The van der Waals surface area contributed by atoms with Gasteiger partial charge >= 0.3 is 0 Å². The molecule has 0 bridgehead atoms. The molecule has 2 N–H and O–H groups in total. The third kappa shape index (κ3) is 3.09. The standard InChI is InChI=1S/C22H20N2O/c1-16-7-9-20(23)22(13-16)24-12-11-18-14-19(8-10-21(18)24)25-15-17-5-3-2-4-6-17/h2-14H,15,23H2,1H3. The summed E-state index contributed by atoms with van der Waals surface area (Å²) in [5.74, 6) is 0.867. The number of nitrogens with two attached hydrogens (primary N) is 1. The molecule has 0 fully saturated rings. The van der Waals surface area contributed by atoms with Gasteiger partial charge in [-0.15, -0.1) is 0 Å². The minimum atomic E-state index is 0.567. The van der Waals surface area contributed by atoms with Gasteiger partial charge in [-0.25, -0.2) is 0 Å². The van der Waals surface area contributed by atoms with Crippen LogP contribution in [0.2, 0.25) is 0 Å². The predicted molar refractivity (Wildman–Crippen MR) is 103 cm³/mol. The van der Waals surface area contributed by atoms with E-state index in [4.69, 9.17) is 10.5 Å². The Hall–Kier alpha value is -3.20. The first-order valence-electron chi connectivity index (χ1n) is 8.35. The second kappa shape index (κ2) is 6.36. The number of benzene rings is 3. The molecule has 3 aromatic carbocycles. The zero-order valence-corrected chi connectivity index (χ0v) is 14.1. The lowest BCUT2D eigenvalue weighted by molar-refractivity contribution is 0.306. The van der Waals surface area contributed by atoms with Gasteiger partial charge in [0.2, 0.25) is 0 Å². The van der Waals surface area contributed by atoms with E-state index in [1.54, 1.807) is 0 Å². The summed E-state index contributed by atoms with van der Waals surface area (Å²) in [5.41, 5.74) is 11.4. The van der Waals surface area contributed by atoms with Crippen LogP contribution in [0, 0.1) is 6.92 Å². The molecule has 0 amide bonds. The maximum Gasteiger partial charge on any atom is 0.120 e. The Bertz CT molecular complexity index is 1020. The lowest BCUT2D eigenvalue weighted by Gasteiger charge is -2.11. The molecule has 0 aliphatic carbocycles. The van der Waals surface area contributed by atoms with Crippen molar-refractivity contribution in [2.45, 2.75) is 13.5 Å². The highest BCUT2D eigenvalue weighted by Crippen LogP contribution is 2.28. The van der Waals surface area contributed by atoms with Gasteiger partial charge in [0, 0.05) is 11.6 Å². The zero-order valence-electron chi connectivity index (χ0n) is 14.1. The molecule has 0 saturated carbocycles. The summed E-state index contributed by atoms with van der Waals surface area (Å²) in [6.45, 7) is 2.64. The van der Waals surface area contributed by atoms with E-state index in [-0.39, 0.29) is 0 Å². The molecule has 0 atom stereocenters. The maximum absolute atomic E-state index is 6.17. The summed E-state index contributed by atoms with van der Waals surface area (Å²) in [7, 11) is 0. The molecule has 3 nitrogen and oxygen atoms in total. The van der Waals surface area contributed by atoms with Gasteiger partial charge in [-0.3, -0.25) is 0 Å². The van der Waals surface area contributed by atoms with E-state index in [1.165, 1.54) is 5.56 Å². The first-order valence-corrected chi connectivity index (χ1v) is 8.35. The molecule has 0 aliphatic heterocycles. The molecule has 4 aromatic rings. The van der Waals surface area contributed by atoms with Crippen LogP contribution in [0.15, 0.2) is 79.0 Å². The van der Waals surface area contributed by atoms with Crippen molar-refractivity contribution in [3.63, 3.8) is 0 Å². The fourth-order valence-electron chi connectivity index (χ4n) is 3.02. The van der Waals surface area contributed by atoms with Crippen LogP contribution in [-0.4, -0.2) is 4.57 Å². The van der Waals surface area contributed by atoms with Gasteiger partial charge in [0.05, 0.1) is 16.9 Å². The van der Waals surface area contributed by atoms with E-state index in [2.05, 4.69) is 54.1 Å². The molecule has 25 heavy (non-hydrogen) atoms. The highest BCUT2D eigenvalue weighted by Gasteiger charge is 2.08. The van der Waals surface area contributed by atoms with Crippen LogP contribution in [0.4, 0.5) is 5.69 Å². The first kappa shape index (κ1) is 15.3. The summed E-state index contributed by atoms with van der Waals surface area (Å²) in [6.07, 6.45) is 2.05. The molecule has 0 aliphatic rings. The molecule has 0 unspecified atom stereocenters. The number of anilines is 1. The van der Waals surface area contributed by atoms with Crippen LogP contribution in [0.3, 0.4) is 0 Å². The van der Waals surface area contributed by atoms with E-state index in [9.17, 15) is 0 Å². The number of hydrogen-bond acceptors (Lipinski definition) is 2. The van der Waals surface area contributed by atoms with Crippen LogP contribution in [0.25, 0.3) is 16.6 Å². The Labute approximate surface area is 147 Å². The third-order valence-electron chi connectivity index (χ3n) is 4.36. The largest absolute Gasteiger partial charge is 0.489 e.